The lowest BCUT2D eigenvalue weighted by molar-refractivity contribution is -0.123. The highest BCUT2D eigenvalue weighted by Gasteiger charge is 2.18. The molecule has 0 bridgehead atoms. The summed E-state index contributed by atoms with van der Waals surface area (Å²) in [4.78, 5) is 34.0. The Kier molecular flexibility index (Phi) is 12.0. The number of fused-ring (bicyclic) bond motifs is 1. The van der Waals surface area contributed by atoms with Gasteiger partial charge in [0.15, 0.2) is 11.6 Å². The van der Waals surface area contributed by atoms with Crippen LogP contribution in [0.2, 0.25) is 0 Å². The van der Waals surface area contributed by atoms with Crippen LogP contribution >= 0.6 is 0 Å². The number of rotatable bonds is 9. The summed E-state index contributed by atoms with van der Waals surface area (Å²) in [5, 5.41) is 4.35. The molecular formula is C27H36FN7O4. The molecule has 0 aromatic carbocycles. The van der Waals surface area contributed by atoms with Crippen molar-refractivity contribution in [2.24, 2.45) is 7.05 Å². The second kappa shape index (κ2) is 15.2. The van der Waals surface area contributed by atoms with Crippen LogP contribution in [0.3, 0.4) is 0 Å². The van der Waals surface area contributed by atoms with Gasteiger partial charge in [0.2, 0.25) is 0 Å². The number of methoxy groups -OCH3 is 1. The van der Waals surface area contributed by atoms with Crippen molar-refractivity contribution in [3.8, 4) is 16.9 Å². The number of halogens is 1. The van der Waals surface area contributed by atoms with Crippen LogP contribution in [0.4, 0.5) is 10.2 Å². The van der Waals surface area contributed by atoms with Crippen molar-refractivity contribution in [1.82, 2.24) is 29.7 Å². The van der Waals surface area contributed by atoms with Crippen molar-refractivity contribution >= 4 is 22.6 Å². The van der Waals surface area contributed by atoms with Gasteiger partial charge in [-0.05, 0) is 25.1 Å². The first-order valence-electron chi connectivity index (χ1n) is 12.7. The lowest BCUT2D eigenvalue weighted by Crippen LogP contribution is -2.38. The van der Waals surface area contributed by atoms with Crippen LogP contribution in [0.1, 0.15) is 40.7 Å². The molecule has 39 heavy (non-hydrogen) atoms. The van der Waals surface area contributed by atoms with E-state index in [9.17, 15) is 14.0 Å². The quantitative estimate of drug-likeness (QED) is 0.240. The Morgan fingerprint density at radius 3 is 2.46 bits per heavy atom. The van der Waals surface area contributed by atoms with E-state index in [0.717, 1.165) is 0 Å². The van der Waals surface area contributed by atoms with Crippen LogP contribution in [0.15, 0.2) is 54.0 Å². The van der Waals surface area contributed by atoms with E-state index in [1.807, 2.05) is 27.7 Å². The Balaban J connectivity index is 0.00000127. The summed E-state index contributed by atoms with van der Waals surface area (Å²) in [6.45, 7) is 10.2. The Morgan fingerprint density at radius 1 is 1.08 bits per heavy atom. The minimum absolute atomic E-state index is 0.161. The Labute approximate surface area is 227 Å². The molecule has 0 fully saturated rings. The molecule has 1 amide bonds. The third kappa shape index (κ3) is 7.84. The van der Waals surface area contributed by atoms with Gasteiger partial charge >= 0.3 is 0 Å². The van der Waals surface area contributed by atoms with E-state index in [2.05, 4.69) is 25.9 Å². The van der Waals surface area contributed by atoms with E-state index in [-0.39, 0.29) is 5.82 Å². The summed E-state index contributed by atoms with van der Waals surface area (Å²) in [5.41, 5.74) is 6.18. The topological polar surface area (TPSA) is 125 Å². The molecule has 0 saturated heterocycles. The first-order valence-corrected chi connectivity index (χ1v) is 12.7. The van der Waals surface area contributed by atoms with E-state index >= 15 is 0 Å². The maximum atomic E-state index is 14.5. The number of nitrogens with zero attached hydrogens (tertiary/aromatic N) is 5. The van der Waals surface area contributed by atoms with E-state index in [0.29, 0.717) is 41.0 Å². The largest absolute Gasteiger partial charge is 0.490 e. The molecule has 0 spiro atoms. The molecule has 4 rings (SSSR count). The number of carbonyl (C=O) groups excluding carboxylic acids is 1. The zero-order valence-corrected chi connectivity index (χ0v) is 23.4. The molecule has 0 radical (unpaired) electrons. The fourth-order valence-electron chi connectivity index (χ4n) is 3.35. The highest BCUT2D eigenvalue weighted by molar-refractivity contribution is 5.83. The maximum absolute atomic E-state index is 14.5. The highest BCUT2D eigenvalue weighted by atomic mass is 19.1. The van der Waals surface area contributed by atoms with E-state index in [1.54, 1.807) is 50.3 Å². The number of pyridine rings is 3. The van der Waals surface area contributed by atoms with Gasteiger partial charge in [-0.3, -0.25) is 30.1 Å². The smallest absolute Gasteiger partial charge is 0.261 e. The zero-order valence-electron chi connectivity index (χ0n) is 23.4. The SMILES string of the molecule is CC.CC.COCCOc1cnc2ccn(C(C)C(=O)NNc3ncc(-c4cnn(C)c4)cc3F)c(=O)c2c1. The number of hydrogen-bond donors (Lipinski definition) is 2. The van der Waals surface area contributed by atoms with E-state index in [1.165, 1.54) is 29.2 Å². The van der Waals surface area contributed by atoms with E-state index in [4.69, 9.17) is 9.47 Å². The van der Waals surface area contributed by atoms with Crippen LogP contribution in [-0.4, -0.2) is 50.5 Å². The average molecular weight is 542 g/mol. The first kappa shape index (κ1) is 30.9. The lowest BCUT2D eigenvalue weighted by Gasteiger charge is -2.17. The van der Waals surface area contributed by atoms with Crippen molar-refractivity contribution in [3.63, 3.8) is 0 Å². The maximum Gasteiger partial charge on any atom is 0.261 e. The predicted molar refractivity (Wildman–Crippen MR) is 149 cm³/mol. The number of hydrogen-bond acceptors (Lipinski definition) is 8. The number of hydrazine groups is 1. The summed E-state index contributed by atoms with van der Waals surface area (Å²) in [6, 6.07) is 3.58. The lowest BCUT2D eigenvalue weighted by atomic mass is 10.1. The van der Waals surface area contributed by atoms with Crippen LogP contribution in [0.5, 0.6) is 5.75 Å². The fourth-order valence-corrected chi connectivity index (χ4v) is 3.35. The molecule has 2 N–H and O–H groups in total. The summed E-state index contributed by atoms with van der Waals surface area (Å²) in [5.74, 6) is -0.968. The molecule has 0 saturated carbocycles. The van der Waals surface area contributed by atoms with Crippen molar-refractivity contribution < 1.29 is 18.7 Å². The van der Waals surface area contributed by atoms with Gasteiger partial charge in [0.05, 0.1) is 29.9 Å². The van der Waals surface area contributed by atoms with Gasteiger partial charge in [-0.2, -0.15) is 5.10 Å². The summed E-state index contributed by atoms with van der Waals surface area (Å²) >= 11 is 0. The minimum Gasteiger partial charge on any atom is -0.490 e. The van der Waals surface area contributed by atoms with Gasteiger partial charge in [0.25, 0.3) is 11.5 Å². The normalized spacial score (nSPS) is 11.0. The number of aromatic nitrogens is 5. The van der Waals surface area contributed by atoms with Gasteiger partial charge in [0.1, 0.15) is 18.4 Å². The highest BCUT2D eigenvalue weighted by Crippen LogP contribution is 2.21. The fraction of sp³-hybridized carbons (Fsp3) is 0.370. The van der Waals surface area contributed by atoms with E-state index < -0.39 is 23.3 Å². The van der Waals surface area contributed by atoms with Crippen molar-refractivity contribution in [1.29, 1.82) is 0 Å². The molecule has 4 heterocycles. The molecule has 1 unspecified atom stereocenters. The van der Waals surface area contributed by atoms with Crippen molar-refractivity contribution in [3.05, 3.63) is 65.4 Å². The predicted octanol–water partition coefficient (Wildman–Crippen LogP) is 4.11. The van der Waals surface area contributed by atoms with Gasteiger partial charge < -0.3 is 14.0 Å². The second-order valence-corrected chi connectivity index (χ2v) is 7.72. The average Bonchev–Trinajstić information content (AvgIpc) is 3.41. The molecule has 0 aliphatic carbocycles. The number of ether oxygens (including phenoxy) is 2. The third-order valence-electron chi connectivity index (χ3n) is 5.29. The molecule has 1 atom stereocenters. The van der Waals surface area contributed by atoms with Crippen LogP contribution in [0.25, 0.3) is 22.0 Å². The molecule has 210 valence electrons. The van der Waals surface area contributed by atoms with Gasteiger partial charge in [-0.15, -0.1) is 0 Å². The summed E-state index contributed by atoms with van der Waals surface area (Å²) < 4.78 is 27.8. The van der Waals surface area contributed by atoms with Crippen LogP contribution < -0.4 is 21.1 Å². The minimum atomic E-state index is -0.907. The third-order valence-corrected chi connectivity index (χ3v) is 5.29. The number of nitrogens with one attached hydrogen (secondary N) is 2. The molecule has 4 aromatic heterocycles. The standard InChI is InChI=1S/C23H24FN7O4.2C2H6/c1-14(31-5-4-20-18(23(31)33)9-17(12-25-20)35-7-6-34-3)22(32)29-28-21-19(24)8-15(10-26-21)16-11-27-30(2)13-16;2*1-2/h4-5,8-14H,6-7H2,1-3H3,(H,26,28)(H,29,32);2*1-2H3. The zero-order chi connectivity index (χ0) is 28.9. The monoisotopic (exact) mass is 541 g/mol. The molecular weight excluding hydrogens is 505 g/mol. The Bertz CT molecular complexity index is 1420. The summed E-state index contributed by atoms with van der Waals surface area (Å²) in [6.07, 6.45) is 7.79. The number of amides is 1. The van der Waals surface area contributed by atoms with Gasteiger partial charge in [-0.25, -0.2) is 9.37 Å². The van der Waals surface area contributed by atoms with Crippen molar-refractivity contribution in [2.75, 3.05) is 25.7 Å². The molecule has 4 aromatic rings. The number of anilines is 1. The molecule has 12 heteroatoms. The number of aryl methyl sites for hydroxylation is 1. The van der Waals surface area contributed by atoms with Gasteiger partial charge in [-0.1, -0.05) is 27.7 Å². The Morgan fingerprint density at radius 2 is 1.82 bits per heavy atom. The van der Waals surface area contributed by atoms with Crippen molar-refractivity contribution in [2.45, 2.75) is 40.7 Å². The molecule has 0 aliphatic heterocycles. The summed E-state index contributed by atoms with van der Waals surface area (Å²) in [7, 11) is 3.32. The molecule has 0 aliphatic rings. The number of carbonyl (C=O) groups is 1. The Hall–Kier alpha value is -4.32. The van der Waals surface area contributed by atoms with Crippen LogP contribution in [-0.2, 0) is 16.6 Å². The molecule has 11 nitrogen and oxygen atoms in total. The van der Waals surface area contributed by atoms with Crippen LogP contribution in [0, 0.1) is 5.82 Å². The van der Waals surface area contributed by atoms with Gasteiger partial charge in [0, 0.05) is 43.9 Å². The second-order valence-electron chi connectivity index (χ2n) is 7.72. The first-order chi connectivity index (χ1) is 18.9.